The van der Waals surface area contributed by atoms with Crippen molar-refractivity contribution in [1.29, 1.82) is 5.41 Å². The monoisotopic (exact) mass is 337 g/mol. The van der Waals surface area contributed by atoms with Crippen LogP contribution in [-0.2, 0) is 10.0 Å². The molecule has 2 aromatic rings. The molecule has 9 heteroatoms. The van der Waals surface area contributed by atoms with E-state index in [-0.39, 0.29) is 29.2 Å². The minimum atomic E-state index is -3.74. The number of nitrogens with zero attached hydrogens (tertiary/aromatic N) is 1. The predicted molar refractivity (Wildman–Crippen MR) is 87.7 cm³/mol. The Morgan fingerprint density at radius 1 is 1.35 bits per heavy atom. The van der Waals surface area contributed by atoms with Crippen LogP contribution in [0, 0.1) is 11.3 Å². The number of nitrogens with two attached hydrogens (primary N) is 1. The topological polar surface area (TPSA) is 141 Å². The summed E-state index contributed by atoms with van der Waals surface area (Å²) in [6.07, 6.45) is 1.36. The maximum atomic E-state index is 12.5. The van der Waals surface area contributed by atoms with Crippen molar-refractivity contribution in [3.63, 3.8) is 0 Å². The quantitative estimate of drug-likeness (QED) is 0.380. The Labute approximate surface area is 134 Å². The third kappa shape index (κ3) is 4.08. The van der Waals surface area contributed by atoms with Gasteiger partial charge < -0.3 is 16.2 Å². The Balaban J connectivity index is 2.20. The Kier molecular flexibility index (Phi) is 5.02. The highest BCUT2D eigenvalue weighted by Crippen LogP contribution is 2.27. The third-order valence-corrected chi connectivity index (χ3v) is 4.78. The molecule has 0 fully saturated rings. The summed E-state index contributed by atoms with van der Waals surface area (Å²) < 4.78 is 27.5. The molecule has 2 rings (SSSR count). The highest BCUT2D eigenvalue weighted by molar-refractivity contribution is 7.89. The number of guanidine groups is 1. The standard InChI is InChI=1S/C14H19N5O3S/c1-9(7-18-14(15)16)8-19-23(21,22)12-4-2-3-11-10(12)5-6-17-13(11)20/h2-6,9,19H,7-8H2,1H3,(H,17,20)(H4,15,16,18). The molecule has 1 heterocycles. The minimum Gasteiger partial charge on any atom is -0.493 e. The molecule has 0 radical (unpaired) electrons. The number of sulfonamides is 1. The number of pyridine rings is 1. The van der Waals surface area contributed by atoms with Crippen molar-refractivity contribution in [1.82, 2.24) is 15.0 Å². The average molecular weight is 337 g/mol. The molecular weight excluding hydrogens is 318 g/mol. The summed E-state index contributed by atoms with van der Waals surface area (Å²) in [7, 11) is -3.74. The molecule has 0 amide bonds. The fourth-order valence-corrected chi connectivity index (χ4v) is 3.47. The predicted octanol–water partition coefficient (Wildman–Crippen LogP) is 0.338. The number of aromatic nitrogens is 1. The van der Waals surface area contributed by atoms with Gasteiger partial charge in [0.05, 0.1) is 4.90 Å². The van der Waals surface area contributed by atoms with Gasteiger partial charge in [-0.25, -0.2) is 18.1 Å². The molecule has 23 heavy (non-hydrogen) atoms. The maximum Gasteiger partial charge on any atom is 0.241 e. The number of hydrogen-bond acceptors (Lipinski definition) is 5. The van der Waals surface area contributed by atoms with E-state index in [1.165, 1.54) is 12.3 Å². The minimum absolute atomic E-state index is 0.0567. The molecule has 0 aliphatic carbocycles. The highest BCUT2D eigenvalue weighted by atomic mass is 32.2. The van der Waals surface area contributed by atoms with Crippen LogP contribution < -0.4 is 15.8 Å². The van der Waals surface area contributed by atoms with Gasteiger partial charge in [-0.2, -0.15) is 0 Å². The summed E-state index contributed by atoms with van der Waals surface area (Å²) in [6.45, 7) is 2.41. The first-order chi connectivity index (χ1) is 10.8. The Morgan fingerprint density at radius 3 is 2.78 bits per heavy atom. The molecule has 0 saturated heterocycles. The summed E-state index contributed by atoms with van der Waals surface area (Å²) in [5.41, 5.74) is 5.19. The van der Waals surface area contributed by atoms with E-state index in [1.54, 1.807) is 18.2 Å². The van der Waals surface area contributed by atoms with Crippen LogP contribution in [-0.4, -0.2) is 37.6 Å². The molecule has 1 atom stereocenters. The van der Waals surface area contributed by atoms with Crippen molar-refractivity contribution in [3.8, 4) is 5.88 Å². The van der Waals surface area contributed by atoms with Crippen LogP contribution in [0.15, 0.2) is 35.4 Å². The second-order valence-electron chi connectivity index (χ2n) is 5.24. The van der Waals surface area contributed by atoms with Gasteiger partial charge in [0.15, 0.2) is 5.96 Å². The van der Waals surface area contributed by atoms with Crippen LogP contribution in [0.1, 0.15) is 6.92 Å². The average Bonchev–Trinajstić information content (AvgIpc) is 2.51. The van der Waals surface area contributed by atoms with Gasteiger partial charge in [-0.1, -0.05) is 13.0 Å². The highest BCUT2D eigenvalue weighted by Gasteiger charge is 2.19. The van der Waals surface area contributed by atoms with Gasteiger partial charge in [-0.3, -0.25) is 5.41 Å². The fraction of sp³-hybridized carbons (Fsp3) is 0.286. The summed E-state index contributed by atoms with van der Waals surface area (Å²) in [5.74, 6) is -0.422. The Morgan fingerprint density at radius 2 is 2.09 bits per heavy atom. The van der Waals surface area contributed by atoms with Gasteiger partial charge in [0.25, 0.3) is 0 Å². The summed E-state index contributed by atoms with van der Waals surface area (Å²) in [5, 5.41) is 20.2. The lowest BCUT2D eigenvalue weighted by Crippen LogP contribution is -2.38. The Bertz CT molecular complexity index is 822. The normalized spacial score (nSPS) is 12.9. The number of hydrogen-bond donors (Lipinski definition) is 5. The van der Waals surface area contributed by atoms with Crippen molar-refractivity contribution in [3.05, 3.63) is 30.5 Å². The zero-order valence-electron chi connectivity index (χ0n) is 12.6. The summed E-state index contributed by atoms with van der Waals surface area (Å²) in [6, 6.07) is 6.18. The van der Waals surface area contributed by atoms with Gasteiger partial charge in [0.1, 0.15) is 0 Å². The largest absolute Gasteiger partial charge is 0.493 e. The van der Waals surface area contributed by atoms with Crippen molar-refractivity contribution < 1.29 is 13.5 Å². The van der Waals surface area contributed by atoms with E-state index in [1.807, 2.05) is 6.92 Å². The SMILES string of the molecule is CC(CNC(=N)N)CNS(=O)(=O)c1cccc2c(O)nccc12. The van der Waals surface area contributed by atoms with Gasteiger partial charge in [0.2, 0.25) is 15.9 Å². The summed E-state index contributed by atoms with van der Waals surface area (Å²) >= 11 is 0. The molecule has 124 valence electrons. The molecule has 0 saturated carbocycles. The Hall–Kier alpha value is -2.39. The van der Waals surface area contributed by atoms with Crippen molar-refractivity contribution in [2.75, 3.05) is 13.1 Å². The third-order valence-electron chi connectivity index (χ3n) is 3.30. The number of nitrogens with one attached hydrogen (secondary N) is 3. The molecule has 0 bridgehead atoms. The van der Waals surface area contributed by atoms with E-state index in [2.05, 4.69) is 15.0 Å². The zero-order chi connectivity index (χ0) is 17.0. The molecule has 0 aliphatic rings. The van der Waals surface area contributed by atoms with Gasteiger partial charge in [-0.05, 0) is 24.1 Å². The van der Waals surface area contributed by atoms with E-state index in [9.17, 15) is 13.5 Å². The first-order valence-corrected chi connectivity index (χ1v) is 8.44. The molecular formula is C14H19N5O3S. The van der Waals surface area contributed by atoms with E-state index in [0.717, 1.165) is 0 Å². The van der Waals surface area contributed by atoms with Crippen LogP contribution in [0.2, 0.25) is 0 Å². The number of aromatic hydroxyl groups is 1. The molecule has 6 N–H and O–H groups in total. The van der Waals surface area contributed by atoms with Crippen LogP contribution in [0.5, 0.6) is 5.88 Å². The fourth-order valence-electron chi connectivity index (χ4n) is 2.08. The lowest BCUT2D eigenvalue weighted by atomic mass is 10.2. The first-order valence-electron chi connectivity index (χ1n) is 6.95. The van der Waals surface area contributed by atoms with Gasteiger partial charge >= 0.3 is 0 Å². The van der Waals surface area contributed by atoms with Crippen LogP contribution in [0.3, 0.4) is 0 Å². The van der Waals surface area contributed by atoms with Crippen LogP contribution in [0.25, 0.3) is 10.8 Å². The lowest BCUT2D eigenvalue weighted by molar-refractivity contribution is 0.460. The van der Waals surface area contributed by atoms with Crippen LogP contribution in [0.4, 0.5) is 0 Å². The number of benzene rings is 1. The van der Waals surface area contributed by atoms with E-state index in [0.29, 0.717) is 17.3 Å². The number of rotatable bonds is 6. The van der Waals surface area contributed by atoms with E-state index < -0.39 is 10.0 Å². The van der Waals surface area contributed by atoms with Crippen molar-refractivity contribution >= 4 is 26.8 Å². The molecule has 1 aromatic heterocycles. The van der Waals surface area contributed by atoms with Crippen molar-refractivity contribution in [2.45, 2.75) is 11.8 Å². The zero-order valence-corrected chi connectivity index (χ0v) is 13.4. The molecule has 1 unspecified atom stereocenters. The van der Waals surface area contributed by atoms with Crippen molar-refractivity contribution in [2.24, 2.45) is 11.7 Å². The molecule has 8 nitrogen and oxygen atoms in total. The van der Waals surface area contributed by atoms with E-state index >= 15 is 0 Å². The second-order valence-corrected chi connectivity index (χ2v) is 6.97. The van der Waals surface area contributed by atoms with Gasteiger partial charge in [-0.15, -0.1) is 0 Å². The maximum absolute atomic E-state index is 12.5. The lowest BCUT2D eigenvalue weighted by Gasteiger charge is -2.14. The van der Waals surface area contributed by atoms with Gasteiger partial charge in [0, 0.05) is 30.1 Å². The van der Waals surface area contributed by atoms with Crippen LogP contribution >= 0.6 is 0 Å². The molecule has 1 aromatic carbocycles. The number of fused-ring (bicyclic) bond motifs is 1. The summed E-state index contributed by atoms with van der Waals surface area (Å²) in [4.78, 5) is 3.83. The first kappa shape index (κ1) is 17.0. The smallest absolute Gasteiger partial charge is 0.241 e. The molecule has 0 aliphatic heterocycles. The molecule has 0 spiro atoms. The van der Waals surface area contributed by atoms with E-state index in [4.69, 9.17) is 11.1 Å². The second kappa shape index (κ2) is 6.80.